The predicted octanol–water partition coefficient (Wildman–Crippen LogP) is 2.78. The van der Waals surface area contributed by atoms with Crippen molar-refractivity contribution < 1.29 is 19.1 Å². The lowest BCUT2D eigenvalue weighted by Crippen LogP contribution is -2.47. The van der Waals surface area contributed by atoms with Gasteiger partial charge in [0.15, 0.2) is 6.61 Å². The quantitative estimate of drug-likeness (QED) is 0.821. The zero-order chi connectivity index (χ0) is 19.0. The van der Waals surface area contributed by atoms with E-state index in [-0.39, 0.29) is 17.4 Å². The third-order valence-electron chi connectivity index (χ3n) is 5.10. The molecule has 0 aliphatic carbocycles. The van der Waals surface area contributed by atoms with Crippen molar-refractivity contribution in [3.05, 3.63) is 42.5 Å². The van der Waals surface area contributed by atoms with E-state index in [1.54, 1.807) is 16.7 Å². The minimum absolute atomic E-state index is 0.0231. The van der Waals surface area contributed by atoms with Crippen molar-refractivity contribution in [1.29, 1.82) is 0 Å². The van der Waals surface area contributed by atoms with Crippen LogP contribution in [0.2, 0.25) is 0 Å². The van der Waals surface area contributed by atoms with E-state index in [1.807, 2.05) is 49.4 Å². The van der Waals surface area contributed by atoms with Crippen molar-refractivity contribution in [2.45, 2.75) is 30.7 Å². The van der Waals surface area contributed by atoms with E-state index in [0.717, 1.165) is 17.2 Å². The molecule has 2 saturated heterocycles. The standard InChI is InChI=1S/C20H20N2O4S/c1-20-9-8-18(24)22(20)16(12-27-20)19(25)26-11-17(23)21-15-7-6-13-4-2-3-5-14(13)10-15/h2-7,10,16H,8-9,11-12H2,1H3,(H,21,23)/t16-,20-/m0/s1. The Morgan fingerprint density at radius 1 is 1.26 bits per heavy atom. The fourth-order valence-corrected chi connectivity index (χ4v) is 5.11. The van der Waals surface area contributed by atoms with Gasteiger partial charge in [-0.25, -0.2) is 4.79 Å². The average Bonchev–Trinajstić information content (AvgIpc) is 3.16. The van der Waals surface area contributed by atoms with Gasteiger partial charge >= 0.3 is 5.97 Å². The van der Waals surface area contributed by atoms with Crippen molar-refractivity contribution in [1.82, 2.24) is 4.90 Å². The van der Waals surface area contributed by atoms with Gasteiger partial charge in [-0.05, 0) is 36.2 Å². The van der Waals surface area contributed by atoms with Crippen LogP contribution in [-0.2, 0) is 19.1 Å². The summed E-state index contributed by atoms with van der Waals surface area (Å²) in [6, 6.07) is 12.8. The number of anilines is 1. The van der Waals surface area contributed by atoms with Crippen molar-refractivity contribution >= 4 is 46.0 Å². The van der Waals surface area contributed by atoms with Crippen LogP contribution in [0.3, 0.4) is 0 Å². The third-order valence-corrected chi connectivity index (χ3v) is 6.60. The Labute approximate surface area is 161 Å². The van der Waals surface area contributed by atoms with Crippen LogP contribution in [0.25, 0.3) is 10.8 Å². The van der Waals surface area contributed by atoms with E-state index in [0.29, 0.717) is 17.9 Å². The van der Waals surface area contributed by atoms with Gasteiger partial charge < -0.3 is 15.0 Å². The Hall–Kier alpha value is -2.54. The summed E-state index contributed by atoms with van der Waals surface area (Å²) in [5, 5.41) is 4.84. The number of fused-ring (bicyclic) bond motifs is 2. The molecule has 7 heteroatoms. The number of benzene rings is 2. The van der Waals surface area contributed by atoms with Crippen LogP contribution in [0.15, 0.2) is 42.5 Å². The Balaban J connectivity index is 1.35. The zero-order valence-electron chi connectivity index (χ0n) is 14.9. The Bertz CT molecular complexity index is 931. The molecule has 2 fully saturated rings. The predicted molar refractivity (Wildman–Crippen MR) is 104 cm³/mol. The lowest BCUT2D eigenvalue weighted by atomic mass is 10.1. The Morgan fingerprint density at radius 3 is 2.85 bits per heavy atom. The van der Waals surface area contributed by atoms with Crippen LogP contribution in [0.1, 0.15) is 19.8 Å². The van der Waals surface area contributed by atoms with Gasteiger partial charge in [-0.2, -0.15) is 0 Å². The van der Waals surface area contributed by atoms with Crippen molar-refractivity contribution in [3.63, 3.8) is 0 Å². The number of nitrogens with one attached hydrogen (secondary N) is 1. The molecular formula is C20H20N2O4S. The highest BCUT2D eigenvalue weighted by atomic mass is 32.2. The summed E-state index contributed by atoms with van der Waals surface area (Å²) in [5.74, 6) is -0.437. The van der Waals surface area contributed by atoms with Gasteiger partial charge in [0.2, 0.25) is 5.91 Å². The molecule has 2 aromatic rings. The number of rotatable bonds is 4. The Morgan fingerprint density at radius 2 is 2.04 bits per heavy atom. The highest BCUT2D eigenvalue weighted by Gasteiger charge is 2.53. The second-order valence-electron chi connectivity index (χ2n) is 6.98. The van der Waals surface area contributed by atoms with E-state index in [1.165, 1.54) is 0 Å². The molecule has 0 spiro atoms. The molecule has 27 heavy (non-hydrogen) atoms. The molecular weight excluding hydrogens is 364 g/mol. The molecule has 2 aliphatic heterocycles. The molecule has 0 aromatic heterocycles. The van der Waals surface area contributed by atoms with Crippen molar-refractivity contribution in [2.24, 2.45) is 0 Å². The molecule has 0 unspecified atom stereocenters. The number of thioether (sulfide) groups is 1. The number of esters is 1. The average molecular weight is 384 g/mol. The first-order valence-corrected chi connectivity index (χ1v) is 9.86. The van der Waals surface area contributed by atoms with Crippen molar-refractivity contribution in [3.8, 4) is 0 Å². The summed E-state index contributed by atoms with van der Waals surface area (Å²) in [6.45, 7) is 1.61. The number of hydrogen-bond acceptors (Lipinski definition) is 5. The summed E-state index contributed by atoms with van der Waals surface area (Å²) in [6.07, 6.45) is 1.19. The maximum atomic E-state index is 12.4. The van der Waals surface area contributed by atoms with E-state index in [2.05, 4.69) is 5.32 Å². The highest BCUT2D eigenvalue weighted by Crippen LogP contribution is 2.47. The molecule has 0 bridgehead atoms. The minimum Gasteiger partial charge on any atom is -0.454 e. The van der Waals surface area contributed by atoms with Gasteiger partial charge in [0.1, 0.15) is 6.04 Å². The molecule has 2 atom stereocenters. The second-order valence-corrected chi connectivity index (χ2v) is 8.48. The summed E-state index contributed by atoms with van der Waals surface area (Å²) in [7, 11) is 0. The summed E-state index contributed by atoms with van der Waals surface area (Å²) in [5.41, 5.74) is 0.647. The molecule has 2 aromatic carbocycles. The molecule has 0 radical (unpaired) electrons. The lowest BCUT2D eigenvalue weighted by Gasteiger charge is -2.29. The SMILES string of the molecule is C[C@]12CCC(=O)N1[C@H](C(=O)OCC(=O)Nc1ccc3ccccc3c1)CS2. The molecule has 2 amide bonds. The third kappa shape index (κ3) is 3.39. The van der Waals surface area contributed by atoms with Crippen LogP contribution in [-0.4, -0.2) is 46.0 Å². The van der Waals surface area contributed by atoms with E-state index in [9.17, 15) is 14.4 Å². The van der Waals surface area contributed by atoms with Crippen LogP contribution < -0.4 is 5.32 Å². The topological polar surface area (TPSA) is 75.7 Å². The van der Waals surface area contributed by atoms with Crippen LogP contribution >= 0.6 is 11.8 Å². The first kappa shape index (κ1) is 17.9. The van der Waals surface area contributed by atoms with E-state index < -0.39 is 17.9 Å². The summed E-state index contributed by atoms with van der Waals surface area (Å²) in [4.78, 5) is 37.9. The first-order chi connectivity index (χ1) is 13.0. The number of hydrogen-bond donors (Lipinski definition) is 1. The monoisotopic (exact) mass is 384 g/mol. The zero-order valence-corrected chi connectivity index (χ0v) is 15.8. The first-order valence-electron chi connectivity index (χ1n) is 8.88. The van der Waals surface area contributed by atoms with Gasteiger partial charge in [0, 0.05) is 17.9 Å². The highest BCUT2D eigenvalue weighted by molar-refractivity contribution is 8.01. The fourth-order valence-electron chi connectivity index (χ4n) is 3.69. The molecule has 0 saturated carbocycles. The lowest BCUT2D eigenvalue weighted by molar-refractivity contribution is -0.155. The number of nitrogens with zero attached hydrogens (tertiary/aromatic N) is 1. The van der Waals surface area contributed by atoms with Crippen LogP contribution in [0, 0.1) is 0 Å². The molecule has 6 nitrogen and oxygen atoms in total. The maximum Gasteiger partial charge on any atom is 0.330 e. The second kappa shape index (κ2) is 6.88. The van der Waals surface area contributed by atoms with E-state index in [4.69, 9.17) is 4.74 Å². The van der Waals surface area contributed by atoms with Crippen LogP contribution in [0.4, 0.5) is 5.69 Å². The van der Waals surface area contributed by atoms with Gasteiger partial charge in [0.05, 0.1) is 4.87 Å². The van der Waals surface area contributed by atoms with Gasteiger partial charge in [0.25, 0.3) is 5.91 Å². The van der Waals surface area contributed by atoms with Gasteiger partial charge in [-0.15, -0.1) is 11.8 Å². The molecule has 140 valence electrons. The summed E-state index contributed by atoms with van der Waals surface area (Å²) < 4.78 is 5.19. The number of amides is 2. The number of ether oxygens (including phenoxy) is 1. The molecule has 2 aliphatic rings. The summed E-state index contributed by atoms with van der Waals surface area (Å²) >= 11 is 1.60. The largest absolute Gasteiger partial charge is 0.454 e. The smallest absolute Gasteiger partial charge is 0.330 e. The van der Waals surface area contributed by atoms with Crippen molar-refractivity contribution in [2.75, 3.05) is 17.7 Å². The number of carbonyl (C=O) groups is 3. The molecule has 1 N–H and O–H groups in total. The molecule has 2 heterocycles. The Kier molecular flexibility index (Phi) is 4.55. The van der Waals surface area contributed by atoms with Gasteiger partial charge in [-0.3, -0.25) is 9.59 Å². The minimum atomic E-state index is -0.608. The molecule has 4 rings (SSSR count). The van der Waals surface area contributed by atoms with Gasteiger partial charge in [-0.1, -0.05) is 30.3 Å². The maximum absolute atomic E-state index is 12.4. The number of carbonyl (C=O) groups excluding carboxylic acids is 3. The van der Waals surface area contributed by atoms with Crippen LogP contribution in [0.5, 0.6) is 0 Å². The normalized spacial score (nSPS) is 24.1. The van der Waals surface area contributed by atoms with E-state index >= 15 is 0 Å². The fraction of sp³-hybridized carbons (Fsp3) is 0.350.